The Labute approximate surface area is 115 Å². The molecule has 100 valence electrons. The summed E-state index contributed by atoms with van der Waals surface area (Å²) in [4.78, 5) is 8.16. The van der Waals surface area contributed by atoms with Gasteiger partial charge in [0.1, 0.15) is 6.33 Å². The molecule has 3 nitrogen and oxygen atoms in total. The van der Waals surface area contributed by atoms with E-state index in [9.17, 15) is 0 Å². The monoisotopic (exact) mass is 255 g/mol. The zero-order chi connectivity index (χ0) is 13.5. The molecule has 2 aromatic rings. The van der Waals surface area contributed by atoms with Crippen molar-refractivity contribution in [1.82, 2.24) is 15.3 Å². The van der Waals surface area contributed by atoms with Gasteiger partial charge in [0.2, 0.25) is 0 Å². The summed E-state index contributed by atoms with van der Waals surface area (Å²) in [5.41, 5.74) is 3.75. The predicted molar refractivity (Wildman–Crippen MR) is 77.7 cm³/mol. The van der Waals surface area contributed by atoms with E-state index in [1.165, 1.54) is 11.1 Å². The highest BCUT2D eigenvalue weighted by Gasteiger charge is 2.08. The highest BCUT2D eigenvalue weighted by atomic mass is 14.9. The summed E-state index contributed by atoms with van der Waals surface area (Å²) in [5, 5.41) is 3.55. The van der Waals surface area contributed by atoms with Crippen molar-refractivity contribution in [3.63, 3.8) is 0 Å². The maximum absolute atomic E-state index is 4.23. The van der Waals surface area contributed by atoms with Gasteiger partial charge in [-0.3, -0.25) is 0 Å². The van der Waals surface area contributed by atoms with Crippen LogP contribution >= 0.6 is 0 Å². The number of nitrogens with one attached hydrogen (secondary N) is 1. The average Bonchev–Trinajstić information content (AvgIpc) is 2.49. The standard InChI is InChI=1S/C16H21N3/c1-3-13-5-7-14(8-6-13)16(4-2)18-11-15-9-10-17-12-19-15/h5-10,12,16,18H,3-4,11H2,1-2H3. The average molecular weight is 255 g/mol. The van der Waals surface area contributed by atoms with E-state index in [1.54, 1.807) is 12.5 Å². The zero-order valence-electron chi connectivity index (χ0n) is 11.6. The molecule has 1 aromatic carbocycles. The summed E-state index contributed by atoms with van der Waals surface area (Å²) in [6.45, 7) is 5.15. The molecule has 0 aliphatic heterocycles. The van der Waals surface area contributed by atoms with Gasteiger partial charge in [0.25, 0.3) is 0 Å². The van der Waals surface area contributed by atoms with Crippen molar-refractivity contribution in [3.05, 3.63) is 59.7 Å². The molecule has 0 aliphatic carbocycles. The van der Waals surface area contributed by atoms with Crippen LogP contribution in [0.4, 0.5) is 0 Å². The first-order valence-corrected chi connectivity index (χ1v) is 6.90. The van der Waals surface area contributed by atoms with Crippen molar-refractivity contribution < 1.29 is 0 Å². The molecule has 0 radical (unpaired) electrons. The van der Waals surface area contributed by atoms with Gasteiger partial charge in [0, 0.05) is 18.8 Å². The summed E-state index contributed by atoms with van der Waals surface area (Å²) in [6, 6.07) is 11.2. The molecular weight excluding hydrogens is 234 g/mol. The maximum atomic E-state index is 4.23. The van der Waals surface area contributed by atoms with E-state index < -0.39 is 0 Å². The van der Waals surface area contributed by atoms with E-state index >= 15 is 0 Å². The van der Waals surface area contributed by atoms with Gasteiger partial charge < -0.3 is 5.32 Å². The maximum Gasteiger partial charge on any atom is 0.115 e. The Bertz CT molecular complexity index is 479. The van der Waals surface area contributed by atoms with Gasteiger partial charge in [-0.1, -0.05) is 38.1 Å². The third-order valence-corrected chi connectivity index (χ3v) is 3.37. The number of aromatic nitrogens is 2. The molecule has 19 heavy (non-hydrogen) atoms. The number of benzene rings is 1. The molecule has 0 spiro atoms. The lowest BCUT2D eigenvalue weighted by Crippen LogP contribution is -2.20. The highest BCUT2D eigenvalue weighted by molar-refractivity contribution is 5.25. The summed E-state index contributed by atoms with van der Waals surface area (Å²) in [7, 11) is 0. The molecule has 0 amide bonds. The lowest BCUT2D eigenvalue weighted by Gasteiger charge is -2.17. The van der Waals surface area contributed by atoms with Crippen LogP contribution in [-0.4, -0.2) is 9.97 Å². The number of hydrogen-bond acceptors (Lipinski definition) is 3. The Hall–Kier alpha value is -1.74. The Kier molecular flexibility index (Phi) is 5.04. The zero-order valence-corrected chi connectivity index (χ0v) is 11.6. The van der Waals surface area contributed by atoms with Crippen LogP contribution in [-0.2, 0) is 13.0 Å². The first-order chi connectivity index (χ1) is 9.33. The van der Waals surface area contributed by atoms with Crippen molar-refractivity contribution in [2.24, 2.45) is 0 Å². The quantitative estimate of drug-likeness (QED) is 0.860. The SMILES string of the molecule is CCc1ccc(C(CC)NCc2ccncn2)cc1. The fraction of sp³-hybridized carbons (Fsp3) is 0.375. The fourth-order valence-corrected chi connectivity index (χ4v) is 2.13. The molecule has 1 aromatic heterocycles. The molecule has 1 atom stereocenters. The second-order valence-corrected chi connectivity index (χ2v) is 4.64. The number of rotatable bonds is 6. The Morgan fingerprint density at radius 1 is 1.11 bits per heavy atom. The van der Waals surface area contributed by atoms with Crippen LogP contribution in [0.5, 0.6) is 0 Å². The summed E-state index contributed by atoms with van der Waals surface area (Å²) < 4.78 is 0. The summed E-state index contributed by atoms with van der Waals surface area (Å²) in [6.07, 6.45) is 5.52. The van der Waals surface area contributed by atoms with Crippen LogP contribution in [0.1, 0.15) is 43.1 Å². The molecule has 0 fully saturated rings. The number of hydrogen-bond donors (Lipinski definition) is 1. The minimum Gasteiger partial charge on any atom is -0.304 e. The molecule has 0 saturated carbocycles. The van der Waals surface area contributed by atoms with Crippen molar-refractivity contribution >= 4 is 0 Å². The third kappa shape index (κ3) is 3.86. The van der Waals surface area contributed by atoms with Crippen LogP contribution in [0.15, 0.2) is 42.9 Å². The largest absolute Gasteiger partial charge is 0.304 e. The molecule has 1 N–H and O–H groups in total. The molecule has 3 heteroatoms. The second-order valence-electron chi connectivity index (χ2n) is 4.64. The predicted octanol–water partition coefficient (Wildman–Crippen LogP) is 3.28. The Morgan fingerprint density at radius 2 is 1.89 bits per heavy atom. The van der Waals surface area contributed by atoms with E-state index in [2.05, 4.69) is 53.4 Å². The van der Waals surface area contributed by atoms with Crippen molar-refractivity contribution in [1.29, 1.82) is 0 Å². The minimum absolute atomic E-state index is 0.376. The van der Waals surface area contributed by atoms with E-state index in [4.69, 9.17) is 0 Å². The third-order valence-electron chi connectivity index (χ3n) is 3.37. The van der Waals surface area contributed by atoms with Gasteiger partial charge in [-0.15, -0.1) is 0 Å². The summed E-state index contributed by atoms with van der Waals surface area (Å²) in [5.74, 6) is 0. The van der Waals surface area contributed by atoms with Crippen LogP contribution in [0.3, 0.4) is 0 Å². The van der Waals surface area contributed by atoms with Crippen molar-refractivity contribution in [2.75, 3.05) is 0 Å². The van der Waals surface area contributed by atoms with E-state index in [-0.39, 0.29) is 0 Å². The normalized spacial score (nSPS) is 12.3. The van der Waals surface area contributed by atoms with Gasteiger partial charge in [0.15, 0.2) is 0 Å². The van der Waals surface area contributed by atoms with Crippen molar-refractivity contribution in [2.45, 2.75) is 39.3 Å². The van der Waals surface area contributed by atoms with E-state index in [0.29, 0.717) is 6.04 Å². The highest BCUT2D eigenvalue weighted by Crippen LogP contribution is 2.17. The van der Waals surface area contributed by atoms with Gasteiger partial charge in [-0.25, -0.2) is 9.97 Å². The van der Waals surface area contributed by atoms with Gasteiger partial charge >= 0.3 is 0 Å². The minimum atomic E-state index is 0.376. The van der Waals surface area contributed by atoms with Gasteiger partial charge in [-0.2, -0.15) is 0 Å². The molecule has 0 aliphatic rings. The number of nitrogens with zero attached hydrogens (tertiary/aromatic N) is 2. The molecule has 1 heterocycles. The van der Waals surface area contributed by atoms with Crippen LogP contribution in [0.2, 0.25) is 0 Å². The van der Waals surface area contributed by atoms with E-state index in [0.717, 1.165) is 25.1 Å². The molecular formula is C16H21N3. The first-order valence-electron chi connectivity index (χ1n) is 6.90. The first kappa shape index (κ1) is 13.7. The fourth-order valence-electron chi connectivity index (χ4n) is 2.13. The Balaban J connectivity index is 1.99. The van der Waals surface area contributed by atoms with Gasteiger partial charge in [0.05, 0.1) is 5.69 Å². The van der Waals surface area contributed by atoms with E-state index in [1.807, 2.05) is 6.07 Å². The summed E-state index contributed by atoms with van der Waals surface area (Å²) >= 11 is 0. The smallest absolute Gasteiger partial charge is 0.115 e. The number of aryl methyl sites for hydroxylation is 1. The van der Waals surface area contributed by atoms with Gasteiger partial charge in [-0.05, 0) is 30.0 Å². The molecule has 2 rings (SSSR count). The van der Waals surface area contributed by atoms with Crippen molar-refractivity contribution in [3.8, 4) is 0 Å². The topological polar surface area (TPSA) is 37.8 Å². The van der Waals surface area contributed by atoms with Crippen LogP contribution in [0.25, 0.3) is 0 Å². The lowest BCUT2D eigenvalue weighted by molar-refractivity contribution is 0.514. The molecule has 0 bridgehead atoms. The Morgan fingerprint density at radius 3 is 2.47 bits per heavy atom. The lowest BCUT2D eigenvalue weighted by atomic mass is 10.0. The van der Waals surface area contributed by atoms with Crippen LogP contribution in [0, 0.1) is 0 Å². The molecule has 1 unspecified atom stereocenters. The second kappa shape index (κ2) is 7.00. The molecule has 0 saturated heterocycles. The van der Waals surface area contributed by atoms with Crippen LogP contribution < -0.4 is 5.32 Å².